The molecule has 23 heavy (non-hydrogen) atoms. The van der Waals surface area contributed by atoms with Gasteiger partial charge in [-0.1, -0.05) is 42.0 Å². The van der Waals surface area contributed by atoms with Crippen LogP contribution in [-0.2, 0) is 10.9 Å². The van der Waals surface area contributed by atoms with Crippen molar-refractivity contribution in [2.75, 3.05) is 7.11 Å². The summed E-state index contributed by atoms with van der Waals surface area (Å²) in [6.07, 6.45) is -4.77. The van der Waals surface area contributed by atoms with Gasteiger partial charge in [0, 0.05) is 11.1 Å². The maximum atomic E-state index is 13.1. The fourth-order valence-electron chi connectivity index (χ4n) is 2.16. The number of methoxy groups -OCH3 is 1. The molecule has 2 aromatic carbocycles. The van der Waals surface area contributed by atoms with Crippen molar-refractivity contribution in [1.29, 1.82) is 0 Å². The van der Waals surface area contributed by atoms with Crippen molar-refractivity contribution >= 4 is 11.8 Å². The molecule has 0 bridgehead atoms. The lowest BCUT2D eigenvalue weighted by atomic mass is 9.94. The molecule has 0 radical (unpaired) electrons. The smallest absolute Gasteiger partial charge is 0.417 e. The summed E-state index contributed by atoms with van der Waals surface area (Å²) < 4.78 is 43.8. The molecular weight excluding hydrogens is 309 g/mol. The van der Waals surface area contributed by atoms with Gasteiger partial charge in [0.25, 0.3) is 0 Å². The van der Waals surface area contributed by atoms with Crippen molar-refractivity contribution in [1.82, 2.24) is 0 Å². The van der Waals surface area contributed by atoms with E-state index >= 15 is 0 Å². The third kappa shape index (κ3) is 3.41. The number of halogens is 3. The number of ketones is 1. The Morgan fingerprint density at radius 2 is 1.61 bits per heavy atom. The molecule has 0 saturated heterocycles. The minimum absolute atomic E-state index is 0.195. The molecule has 0 spiro atoms. The van der Waals surface area contributed by atoms with Gasteiger partial charge >= 0.3 is 12.1 Å². The van der Waals surface area contributed by atoms with E-state index in [1.165, 1.54) is 18.2 Å². The molecule has 0 N–H and O–H groups in total. The van der Waals surface area contributed by atoms with Gasteiger partial charge in [-0.25, -0.2) is 4.79 Å². The summed E-state index contributed by atoms with van der Waals surface area (Å²) in [5.74, 6) is -1.87. The van der Waals surface area contributed by atoms with Crippen LogP contribution in [0.4, 0.5) is 13.2 Å². The molecule has 0 amide bonds. The zero-order valence-corrected chi connectivity index (χ0v) is 12.4. The van der Waals surface area contributed by atoms with Gasteiger partial charge in [-0.2, -0.15) is 13.2 Å². The monoisotopic (exact) mass is 322 g/mol. The van der Waals surface area contributed by atoms with Gasteiger partial charge in [-0.05, 0) is 13.0 Å². The first-order valence-electron chi connectivity index (χ1n) is 6.65. The molecular formula is C17H13F3O3. The highest BCUT2D eigenvalue weighted by Crippen LogP contribution is 2.34. The summed E-state index contributed by atoms with van der Waals surface area (Å²) in [6, 6.07) is 9.35. The molecule has 0 heterocycles. The highest BCUT2D eigenvalue weighted by atomic mass is 19.4. The van der Waals surface area contributed by atoms with Crippen molar-refractivity contribution in [3.05, 3.63) is 70.3 Å². The van der Waals surface area contributed by atoms with Crippen molar-refractivity contribution in [2.45, 2.75) is 13.1 Å². The topological polar surface area (TPSA) is 43.4 Å². The largest absolute Gasteiger partial charge is 0.465 e. The number of esters is 1. The van der Waals surface area contributed by atoms with Gasteiger partial charge < -0.3 is 4.74 Å². The fourth-order valence-corrected chi connectivity index (χ4v) is 2.16. The lowest BCUT2D eigenvalue weighted by molar-refractivity contribution is -0.138. The quantitative estimate of drug-likeness (QED) is 0.633. The van der Waals surface area contributed by atoms with E-state index in [1.807, 2.05) is 6.92 Å². The Morgan fingerprint density at radius 3 is 2.13 bits per heavy atom. The first-order chi connectivity index (χ1) is 10.8. The Bertz CT molecular complexity index is 747. The molecule has 0 fully saturated rings. The van der Waals surface area contributed by atoms with Crippen LogP contribution in [0.3, 0.4) is 0 Å². The predicted octanol–water partition coefficient (Wildman–Crippen LogP) is 4.03. The average molecular weight is 322 g/mol. The third-order valence-corrected chi connectivity index (χ3v) is 3.32. The number of hydrogen-bond donors (Lipinski definition) is 0. The Kier molecular flexibility index (Phi) is 4.54. The summed E-state index contributed by atoms with van der Waals surface area (Å²) in [4.78, 5) is 24.3. The lowest BCUT2D eigenvalue weighted by Crippen LogP contribution is -2.19. The van der Waals surface area contributed by atoms with Crippen LogP contribution in [-0.4, -0.2) is 18.9 Å². The highest BCUT2D eigenvalue weighted by Gasteiger charge is 2.37. The molecule has 2 aromatic rings. The van der Waals surface area contributed by atoms with Crippen molar-refractivity contribution in [3.8, 4) is 0 Å². The van der Waals surface area contributed by atoms with Crippen LogP contribution in [0.25, 0.3) is 0 Å². The van der Waals surface area contributed by atoms with E-state index < -0.39 is 29.1 Å². The van der Waals surface area contributed by atoms with Crippen LogP contribution in [0.2, 0.25) is 0 Å². The summed E-state index contributed by atoms with van der Waals surface area (Å²) in [6.45, 7) is 1.82. The summed E-state index contributed by atoms with van der Waals surface area (Å²) >= 11 is 0. The predicted molar refractivity (Wildman–Crippen MR) is 77.4 cm³/mol. The number of alkyl halides is 3. The number of benzene rings is 2. The molecule has 0 aliphatic rings. The summed E-state index contributed by atoms with van der Waals surface area (Å²) in [5.41, 5.74) is -1.20. The zero-order valence-electron chi connectivity index (χ0n) is 12.4. The van der Waals surface area contributed by atoms with Gasteiger partial charge in [0.15, 0.2) is 5.78 Å². The number of carbonyl (C=O) groups excluding carboxylic acids is 2. The summed E-state index contributed by atoms with van der Waals surface area (Å²) in [7, 11) is 0.968. The van der Waals surface area contributed by atoms with Crippen LogP contribution in [0.5, 0.6) is 0 Å². The van der Waals surface area contributed by atoms with E-state index in [-0.39, 0.29) is 11.1 Å². The standard InChI is InChI=1S/C17H13F3O3/c1-10-6-8-11(9-7-10)15(21)12-4-3-5-13(17(18,19)20)14(12)16(22)23-2/h3-9H,1-2H3. The normalized spacial score (nSPS) is 11.2. The van der Waals surface area contributed by atoms with E-state index in [9.17, 15) is 22.8 Å². The zero-order chi connectivity index (χ0) is 17.2. The molecule has 6 heteroatoms. The number of aryl methyl sites for hydroxylation is 1. The molecule has 0 aliphatic carbocycles. The van der Waals surface area contributed by atoms with Crippen LogP contribution in [0, 0.1) is 6.92 Å². The molecule has 0 unspecified atom stereocenters. The van der Waals surface area contributed by atoms with Gasteiger partial charge in [0.1, 0.15) is 0 Å². The fraction of sp³-hybridized carbons (Fsp3) is 0.176. The minimum Gasteiger partial charge on any atom is -0.465 e. The molecule has 3 nitrogen and oxygen atoms in total. The second kappa shape index (κ2) is 6.24. The Morgan fingerprint density at radius 1 is 1.00 bits per heavy atom. The minimum atomic E-state index is -4.77. The molecule has 0 aromatic heterocycles. The van der Waals surface area contributed by atoms with Crippen LogP contribution in [0.15, 0.2) is 42.5 Å². The van der Waals surface area contributed by atoms with Crippen molar-refractivity contribution in [2.24, 2.45) is 0 Å². The SMILES string of the molecule is COC(=O)c1c(C(=O)c2ccc(C)cc2)cccc1C(F)(F)F. The third-order valence-electron chi connectivity index (χ3n) is 3.32. The van der Waals surface area contributed by atoms with Gasteiger partial charge in [-0.3, -0.25) is 4.79 Å². The first kappa shape index (κ1) is 16.7. The second-order valence-corrected chi connectivity index (χ2v) is 4.91. The van der Waals surface area contributed by atoms with Crippen LogP contribution in [0.1, 0.15) is 37.4 Å². The number of carbonyl (C=O) groups is 2. The van der Waals surface area contributed by atoms with Crippen molar-refractivity contribution < 1.29 is 27.5 Å². The second-order valence-electron chi connectivity index (χ2n) is 4.91. The van der Waals surface area contributed by atoms with E-state index in [0.717, 1.165) is 24.8 Å². The van der Waals surface area contributed by atoms with Crippen LogP contribution < -0.4 is 0 Å². The van der Waals surface area contributed by atoms with Crippen molar-refractivity contribution in [3.63, 3.8) is 0 Å². The average Bonchev–Trinajstić information content (AvgIpc) is 2.52. The number of rotatable bonds is 3. The number of ether oxygens (including phenoxy) is 1. The molecule has 0 atom stereocenters. The Balaban J connectivity index is 2.64. The Hall–Kier alpha value is -2.63. The van der Waals surface area contributed by atoms with Gasteiger partial charge in [0.2, 0.25) is 0 Å². The lowest BCUT2D eigenvalue weighted by Gasteiger charge is -2.14. The van der Waals surface area contributed by atoms with E-state index in [0.29, 0.717) is 0 Å². The molecule has 2 rings (SSSR count). The summed E-state index contributed by atoms with van der Waals surface area (Å²) in [5, 5.41) is 0. The molecule has 0 aliphatic heterocycles. The highest BCUT2D eigenvalue weighted by molar-refractivity contribution is 6.15. The van der Waals surface area contributed by atoms with Gasteiger partial charge in [-0.15, -0.1) is 0 Å². The molecule has 0 saturated carbocycles. The van der Waals surface area contributed by atoms with E-state index in [1.54, 1.807) is 12.1 Å². The maximum Gasteiger partial charge on any atom is 0.417 e. The van der Waals surface area contributed by atoms with E-state index in [2.05, 4.69) is 4.74 Å². The van der Waals surface area contributed by atoms with Crippen LogP contribution >= 0.6 is 0 Å². The first-order valence-corrected chi connectivity index (χ1v) is 6.65. The number of hydrogen-bond acceptors (Lipinski definition) is 3. The maximum absolute atomic E-state index is 13.1. The Labute approximate surface area is 130 Å². The molecule has 120 valence electrons. The van der Waals surface area contributed by atoms with Gasteiger partial charge in [0.05, 0.1) is 18.2 Å². The van der Waals surface area contributed by atoms with E-state index in [4.69, 9.17) is 0 Å².